The van der Waals surface area contributed by atoms with E-state index in [0.29, 0.717) is 29.3 Å². The normalized spacial score (nSPS) is 13.7. The molecule has 0 radical (unpaired) electrons. The monoisotopic (exact) mass is 539 g/mol. The summed E-state index contributed by atoms with van der Waals surface area (Å²) >= 11 is 0. The van der Waals surface area contributed by atoms with Gasteiger partial charge in [-0.2, -0.15) is 0 Å². The lowest BCUT2D eigenvalue weighted by Crippen LogP contribution is -2.39. The number of rotatable bonds is 11. The lowest BCUT2D eigenvalue weighted by atomic mass is 10.0. The number of nitrogens with zero attached hydrogens (tertiary/aromatic N) is 5. The van der Waals surface area contributed by atoms with Crippen molar-refractivity contribution < 1.29 is 4.74 Å². The van der Waals surface area contributed by atoms with Gasteiger partial charge in [-0.05, 0) is 48.0 Å². The van der Waals surface area contributed by atoms with Crippen molar-refractivity contribution in [2.75, 3.05) is 62.4 Å². The maximum absolute atomic E-state index is 11.2. The Labute approximate surface area is 232 Å². The van der Waals surface area contributed by atoms with Gasteiger partial charge in [-0.15, -0.1) is 4.91 Å². The van der Waals surface area contributed by atoms with Crippen molar-refractivity contribution in [2.45, 2.75) is 13.5 Å². The number of nitrogens with one attached hydrogen (secondary N) is 4. The Morgan fingerprint density at radius 2 is 1.85 bits per heavy atom. The van der Waals surface area contributed by atoms with E-state index in [0.717, 1.165) is 67.2 Å². The summed E-state index contributed by atoms with van der Waals surface area (Å²) in [7, 11) is 1.75. The third-order valence-electron chi connectivity index (χ3n) is 6.86. The van der Waals surface area contributed by atoms with Crippen LogP contribution in [0.3, 0.4) is 0 Å². The van der Waals surface area contributed by atoms with Crippen LogP contribution < -0.4 is 16.0 Å². The summed E-state index contributed by atoms with van der Waals surface area (Å²) in [6, 6.07) is 15.3. The molecule has 2 aromatic heterocycles. The SMILES string of the molecule is CNc1ncnc(NCc2cc3ccccc3nc2NCCN2CCOCC2)c1C(=N)c1cc(C)cc(N=O)c1. The molecule has 11 heteroatoms. The zero-order chi connectivity index (χ0) is 27.9. The van der Waals surface area contributed by atoms with Gasteiger partial charge >= 0.3 is 0 Å². The van der Waals surface area contributed by atoms with Crippen LogP contribution in [0.4, 0.5) is 23.1 Å². The molecule has 0 amide bonds. The van der Waals surface area contributed by atoms with Crippen molar-refractivity contribution in [2.24, 2.45) is 5.18 Å². The maximum atomic E-state index is 11.2. The number of ether oxygens (including phenoxy) is 1. The van der Waals surface area contributed by atoms with Gasteiger partial charge < -0.3 is 20.7 Å². The molecular formula is C29H33N9O2. The third kappa shape index (κ3) is 6.22. The fourth-order valence-electron chi connectivity index (χ4n) is 4.83. The van der Waals surface area contributed by atoms with Crippen molar-refractivity contribution >= 4 is 39.8 Å². The standard InChI is InChI=1S/C29H33N9O2/c1-19-13-21(16-23(14-19)37-39)26(30)25-28(31-2)34-18-35-29(25)33-17-22-15-20-5-3-4-6-24(20)36-27(22)32-7-8-38-9-11-40-12-10-38/h3-6,13-16,18,30H,7-12,17H2,1-2H3,(H,32,36)(H2,31,33,34,35). The zero-order valence-electron chi connectivity index (χ0n) is 22.7. The topological polar surface area (TPSA) is 141 Å². The number of fused-ring (bicyclic) bond motifs is 1. The Morgan fingerprint density at radius 3 is 2.65 bits per heavy atom. The van der Waals surface area contributed by atoms with E-state index < -0.39 is 0 Å². The Kier molecular flexibility index (Phi) is 8.53. The first-order valence-electron chi connectivity index (χ1n) is 13.3. The van der Waals surface area contributed by atoms with Crippen molar-refractivity contribution in [3.05, 3.63) is 82.0 Å². The molecule has 0 saturated carbocycles. The largest absolute Gasteiger partial charge is 0.379 e. The molecule has 4 aromatic rings. The van der Waals surface area contributed by atoms with E-state index in [1.807, 2.05) is 37.3 Å². The number of benzene rings is 2. The molecular weight excluding hydrogens is 506 g/mol. The highest BCUT2D eigenvalue weighted by molar-refractivity contribution is 6.16. The van der Waals surface area contributed by atoms with Crippen molar-refractivity contribution in [1.29, 1.82) is 5.41 Å². The van der Waals surface area contributed by atoms with E-state index in [1.54, 1.807) is 19.2 Å². The average Bonchev–Trinajstić information content (AvgIpc) is 2.99. The fraction of sp³-hybridized carbons (Fsp3) is 0.310. The predicted molar refractivity (Wildman–Crippen MR) is 159 cm³/mol. The van der Waals surface area contributed by atoms with Crippen LogP contribution in [0.15, 0.2) is 60.0 Å². The number of hydrogen-bond acceptors (Lipinski definition) is 11. The summed E-state index contributed by atoms with van der Waals surface area (Å²) in [6.45, 7) is 7.35. The van der Waals surface area contributed by atoms with Crippen LogP contribution in [0, 0.1) is 17.2 Å². The van der Waals surface area contributed by atoms with Crippen LogP contribution in [0.5, 0.6) is 0 Å². The molecule has 1 aliphatic heterocycles. The second-order valence-corrected chi connectivity index (χ2v) is 9.64. The summed E-state index contributed by atoms with van der Waals surface area (Å²) in [5.74, 6) is 1.81. The number of hydrogen-bond donors (Lipinski definition) is 4. The highest BCUT2D eigenvalue weighted by atomic mass is 16.5. The predicted octanol–water partition coefficient (Wildman–Crippen LogP) is 4.55. The molecule has 2 aromatic carbocycles. The number of aromatic nitrogens is 3. The van der Waals surface area contributed by atoms with Crippen LogP contribution in [0.25, 0.3) is 10.9 Å². The van der Waals surface area contributed by atoms with E-state index in [9.17, 15) is 4.91 Å². The van der Waals surface area contributed by atoms with Gasteiger partial charge in [0.05, 0.1) is 30.0 Å². The first-order chi connectivity index (χ1) is 19.6. The van der Waals surface area contributed by atoms with Crippen molar-refractivity contribution in [3.8, 4) is 0 Å². The molecule has 1 aliphatic rings. The Hall–Kier alpha value is -4.48. The second kappa shape index (κ2) is 12.6. The van der Waals surface area contributed by atoms with E-state index in [-0.39, 0.29) is 11.4 Å². The number of nitroso groups, excluding NO2 is 1. The van der Waals surface area contributed by atoms with Crippen LogP contribution in [-0.4, -0.2) is 72.0 Å². The smallest absolute Gasteiger partial charge is 0.141 e. The van der Waals surface area contributed by atoms with Crippen molar-refractivity contribution in [1.82, 2.24) is 19.9 Å². The van der Waals surface area contributed by atoms with Gasteiger partial charge in [0.2, 0.25) is 0 Å². The molecule has 0 spiro atoms. The van der Waals surface area contributed by atoms with Crippen LogP contribution >= 0.6 is 0 Å². The second-order valence-electron chi connectivity index (χ2n) is 9.64. The zero-order valence-corrected chi connectivity index (χ0v) is 22.7. The minimum absolute atomic E-state index is 0.182. The molecule has 0 aliphatic carbocycles. The fourth-order valence-corrected chi connectivity index (χ4v) is 4.83. The van der Waals surface area contributed by atoms with E-state index in [2.05, 4.69) is 42.1 Å². The van der Waals surface area contributed by atoms with Gasteiger partial charge in [0.1, 0.15) is 29.5 Å². The average molecular weight is 540 g/mol. The summed E-state index contributed by atoms with van der Waals surface area (Å²) in [4.78, 5) is 27.3. The summed E-state index contributed by atoms with van der Waals surface area (Å²) < 4.78 is 5.46. The lowest BCUT2D eigenvalue weighted by molar-refractivity contribution is 0.0398. The van der Waals surface area contributed by atoms with Crippen molar-refractivity contribution in [3.63, 3.8) is 0 Å². The Bertz CT molecular complexity index is 1520. The first kappa shape index (κ1) is 27.1. The maximum Gasteiger partial charge on any atom is 0.141 e. The molecule has 11 nitrogen and oxygen atoms in total. The van der Waals surface area contributed by atoms with E-state index >= 15 is 0 Å². The molecule has 0 bridgehead atoms. The highest BCUT2D eigenvalue weighted by Gasteiger charge is 2.19. The number of para-hydroxylation sites is 1. The van der Waals surface area contributed by atoms with Gasteiger partial charge in [-0.1, -0.05) is 18.2 Å². The van der Waals surface area contributed by atoms with Crippen LogP contribution in [-0.2, 0) is 11.3 Å². The quantitative estimate of drug-likeness (QED) is 0.160. The Morgan fingerprint density at radius 1 is 1.05 bits per heavy atom. The summed E-state index contributed by atoms with van der Waals surface area (Å²) in [5.41, 5.74) is 4.25. The van der Waals surface area contributed by atoms with E-state index in [4.69, 9.17) is 15.1 Å². The Balaban J connectivity index is 1.42. The molecule has 0 atom stereocenters. The molecule has 3 heterocycles. The lowest BCUT2D eigenvalue weighted by Gasteiger charge is -2.26. The molecule has 5 rings (SSSR count). The molecule has 1 fully saturated rings. The number of pyridine rings is 1. The van der Waals surface area contributed by atoms with Gasteiger partial charge in [-0.3, -0.25) is 10.3 Å². The minimum Gasteiger partial charge on any atom is -0.379 e. The summed E-state index contributed by atoms with van der Waals surface area (Å²) in [6.07, 6.45) is 1.46. The van der Waals surface area contributed by atoms with E-state index in [1.165, 1.54) is 6.33 Å². The third-order valence-corrected chi connectivity index (χ3v) is 6.86. The molecule has 0 unspecified atom stereocenters. The van der Waals surface area contributed by atoms with Gasteiger partial charge in [0, 0.05) is 56.3 Å². The summed E-state index contributed by atoms with van der Waals surface area (Å²) in [5, 5.41) is 23.1. The molecule has 1 saturated heterocycles. The minimum atomic E-state index is 0.182. The molecule has 206 valence electrons. The van der Waals surface area contributed by atoms with Crippen LogP contribution in [0.2, 0.25) is 0 Å². The van der Waals surface area contributed by atoms with Gasteiger partial charge in [0.25, 0.3) is 0 Å². The number of morpholine rings is 1. The molecule has 4 N–H and O–H groups in total. The van der Waals surface area contributed by atoms with Crippen LogP contribution in [0.1, 0.15) is 22.3 Å². The number of aryl methyl sites for hydroxylation is 1. The number of anilines is 3. The highest BCUT2D eigenvalue weighted by Crippen LogP contribution is 2.28. The van der Waals surface area contributed by atoms with Gasteiger partial charge in [-0.25, -0.2) is 15.0 Å². The van der Waals surface area contributed by atoms with Gasteiger partial charge in [0.15, 0.2) is 0 Å². The molecule has 40 heavy (non-hydrogen) atoms. The first-order valence-corrected chi connectivity index (χ1v) is 13.3.